The number of rotatable bonds is 3. The van der Waals surface area contributed by atoms with Crippen LogP contribution in [0.5, 0.6) is 0 Å². The highest BCUT2D eigenvalue weighted by Gasteiger charge is 2.19. The first kappa shape index (κ1) is 11.1. The largest absolute Gasteiger partial charge is 0.343 e. The van der Waals surface area contributed by atoms with Crippen molar-refractivity contribution < 1.29 is 4.79 Å². The van der Waals surface area contributed by atoms with E-state index in [1.165, 1.54) is 5.56 Å². The van der Waals surface area contributed by atoms with Crippen LogP contribution in [0.4, 0.5) is 0 Å². The van der Waals surface area contributed by atoms with Gasteiger partial charge in [-0.1, -0.05) is 0 Å². The number of carbonyl (C=O) groups is 1. The van der Waals surface area contributed by atoms with Crippen LogP contribution in [0, 0.1) is 0 Å². The second-order valence-electron chi connectivity index (χ2n) is 4.27. The normalized spacial score (nSPS) is 17.7. The molecule has 1 amide bonds. The van der Waals surface area contributed by atoms with Gasteiger partial charge in [-0.2, -0.15) is 5.10 Å². The summed E-state index contributed by atoms with van der Waals surface area (Å²) < 4.78 is 0. The molecule has 0 bridgehead atoms. The fourth-order valence-electron chi connectivity index (χ4n) is 2.03. The molecular weight excluding hydrogens is 204 g/mol. The fourth-order valence-corrected chi connectivity index (χ4v) is 2.03. The van der Waals surface area contributed by atoms with E-state index < -0.39 is 0 Å². The monoisotopic (exact) mass is 222 g/mol. The van der Waals surface area contributed by atoms with Crippen molar-refractivity contribution in [2.24, 2.45) is 0 Å². The molecule has 0 aromatic carbocycles. The minimum absolute atomic E-state index is 0.188. The van der Waals surface area contributed by atoms with Gasteiger partial charge in [0, 0.05) is 44.4 Å². The first-order valence-electron chi connectivity index (χ1n) is 5.72. The molecule has 0 radical (unpaired) electrons. The molecule has 2 heterocycles. The Labute approximate surface area is 95.2 Å². The third-order valence-corrected chi connectivity index (χ3v) is 3.09. The van der Waals surface area contributed by atoms with E-state index in [0.717, 1.165) is 32.5 Å². The van der Waals surface area contributed by atoms with Crippen molar-refractivity contribution in [3.8, 4) is 0 Å². The second-order valence-corrected chi connectivity index (χ2v) is 4.27. The standard InChI is InChI=1S/C11H18N4O/c1-9(16)15-4-2-11(3-5-15)12-6-10-7-13-14-8-10/h7-8,11-12H,2-6H2,1H3,(H,13,14). The maximum absolute atomic E-state index is 11.1. The lowest BCUT2D eigenvalue weighted by Gasteiger charge is -2.31. The molecule has 88 valence electrons. The SMILES string of the molecule is CC(=O)N1CCC(NCc2cn[nH]c2)CC1. The van der Waals surface area contributed by atoms with E-state index >= 15 is 0 Å². The summed E-state index contributed by atoms with van der Waals surface area (Å²) in [5.74, 6) is 0.188. The van der Waals surface area contributed by atoms with Gasteiger partial charge in [0.25, 0.3) is 0 Å². The molecule has 5 heteroatoms. The molecule has 1 aliphatic heterocycles. The number of nitrogens with one attached hydrogen (secondary N) is 2. The van der Waals surface area contributed by atoms with Crippen molar-refractivity contribution in [1.29, 1.82) is 0 Å². The number of likely N-dealkylation sites (tertiary alicyclic amines) is 1. The van der Waals surface area contributed by atoms with E-state index in [1.807, 2.05) is 17.3 Å². The van der Waals surface area contributed by atoms with Gasteiger partial charge in [-0.25, -0.2) is 0 Å². The minimum atomic E-state index is 0.188. The van der Waals surface area contributed by atoms with Crippen LogP contribution in [0.15, 0.2) is 12.4 Å². The van der Waals surface area contributed by atoms with E-state index in [1.54, 1.807) is 6.92 Å². The van der Waals surface area contributed by atoms with Crippen LogP contribution in [0.3, 0.4) is 0 Å². The van der Waals surface area contributed by atoms with E-state index in [-0.39, 0.29) is 5.91 Å². The van der Waals surface area contributed by atoms with Crippen molar-refractivity contribution >= 4 is 5.91 Å². The summed E-state index contributed by atoms with van der Waals surface area (Å²) in [6.45, 7) is 4.23. The summed E-state index contributed by atoms with van der Waals surface area (Å²) in [6, 6.07) is 0.519. The zero-order valence-electron chi connectivity index (χ0n) is 9.57. The molecule has 1 aromatic rings. The van der Waals surface area contributed by atoms with Crippen molar-refractivity contribution in [2.45, 2.75) is 32.4 Å². The predicted molar refractivity (Wildman–Crippen MR) is 60.7 cm³/mol. The van der Waals surface area contributed by atoms with Gasteiger partial charge < -0.3 is 10.2 Å². The first-order valence-corrected chi connectivity index (χ1v) is 5.72. The Kier molecular flexibility index (Phi) is 3.56. The Balaban J connectivity index is 1.71. The lowest BCUT2D eigenvalue weighted by atomic mass is 10.0. The van der Waals surface area contributed by atoms with Gasteiger partial charge in [0.15, 0.2) is 0 Å². The molecule has 16 heavy (non-hydrogen) atoms. The van der Waals surface area contributed by atoms with Crippen molar-refractivity contribution in [2.75, 3.05) is 13.1 Å². The van der Waals surface area contributed by atoms with E-state index in [2.05, 4.69) is 15.5 Å². The number of amides is 1. The summed E-state index contributed by atoms with van der Waals surface area (Å²) in [5.41, 5.74) is 1.17. The molecule has 1 saturated heterocycles. The zero-order valence-corrected chi connectivity index (χ0v) is 9.57. The Morgan fingerprint density at radius 3 is 2.94 bits per heavy atom. The molecule has 0 spiro atoms. The molecule has 0 unspecified atom stereocenters. The van der Waals surface area contributed by atoms with Gasteiger partial charge in [-0.05, 0) is 12.8 Å². The average Bonchev–Trinajstić information content (AvgIpc) is 2.80. The Hall–Kier alpha value is -1.36. The van der Waals surface area contributed by atoms with Crippen LogP contribution in [-0.4, -0.2) is 40.1 Å². The fraction of sp³-hybridized carbons (Fsp3) is 0.636. The summed E-state index contributed by atoms with van der Waals surface area (Å²) >= 11 is 0. The zero-order chi connectivity index (χ0) is 11.4. The highest BCUT2D eigenvalue weighted by molar-refractivity contribution is 5.73. The van der Waals surface area contributed by atoms with Crippen molar-refractivity contribution in [1.82, 2.24) is 20.4 Å². The maximum Gasteiger partial charge on any atom is 0.219 e. The van der Waals surface area contributed by atoms with Crippen LogP contribution in [0.1, 0.15) is 25.3 Å². The first-order chi connectivity index (χ1) is 7.75. The third-order valence-electron chi connectivity index (χ3n) is 3.09. The Morgan fingerprint density at radius 1 is 1.62 bits per heavy atom. The van der Waals surface area contributed by atoms with Crippen LogP contribution in [0.2, 0.25) is 0 Å². The predicted octanol–water partition coefficient (Wildman–Crippen LogP) is 0.510. The summed E-state index contributed by atoms with van der Waals surface area (Å²) in [5, 5.41) is 10.2. The molecular formula is C11H18N4O. The minimum Gasteiger partial charge on any atom is -0.343 e. The molecule has 1 aliphatic rings. The second kappa shape index (κ2) is 5.12. The van der Waals surface area contributed by atoms with Crippen molar-refractivity contribution in [3.05, 3.63) is 18.0 Å². The molecule has 0 atom stereocenters. The number of hydrogen-bond donors (Lipinski definition) is 2. The van der Waals surface area contributed by atoms with E-state index in [0.29, 0.717) is 6.04 Å². The van der Waals surface area contributed by atoms with Crippen molar-refractivity contribution in [3.63, 3.8) is 0 Å². The topological polar surface area (TPSA) is 61.0 Å². The van der Waals surface area contributed by atoms with Crippen LogP contribution in [-0.2, 0) is 11.3 Å². The van der Waals surface area contributed by atoms with E-state index in [4.69, 9.17) is 0 Å². The van der Waals surface area contributed by atoms with Gasteiger partial charge in [-0.15, -0.1) is 0 Å². The smallest absolute Gasteiger partial charge is 0.219 e. The number of piperidine rings is 1. The Morgan fingerprint density at radius 2 is 2.38 bits per heavy atom. The van der Waals surface area contributed by atoms with Crippen LogP contribution < -0.4 is 5.32 Å². The number of H-pyrrole nitrogens is 1. The third kappa shape index (κ3) is 2.82. The molecule has 5 nitrogen and oxygen atoms in total. The number of aromatic amines is 1. The summed E-state index contributed by atoms with van der Waals surface area (Å²) in [6.07, 6.45) is 5.81. The number of nitrogens with zero attached hydrogens (tertiary/aromatic N) is 2. The Bertz CT molecular complexity index is 328. The van der Waals surface area contributed by atoms with E-state index in [9.17, 15) is 4.79 Å². The summed E-state index contributed by atoms with van der Waals surface area (Å²) in [4.78, 5) is 13.1. The number of carbonyl (C=O) groups excluding carboxylic acids is 1. The highest BCUT2D eigenvalue weighted by Crippen LogP contribution is 2.10. The average molecular weight is 222 g/mol. The molecule has 1 aromatic heterocycles. The molecule has 1 fully saturated rings. The van der Waals surface area contributed by atoms with Gasteiger partial charge >= 0.3 is 0 Å². The molecule has 2 N–H and O–H groups in total. The number of hydrogen-bond acceptors (Lipinski definition) is 3. The van der Waals surface area contributed by atoms with Gasteiger partial charge in [0.1, 0.15) is 0 Å². The van der Waals surface area contributed by atoms with Crippen LogP contribution >= 0.6 is 0 Å². The lowest BCUT2D eigenvalue weighted by molar-refractivity contribution is -0.129. The molecule has 2 rings (SSSR count). The summed E-state index contributed by atoms with van der Waals surface area (Å²) in [7, 11) is 0. The molecule has 0 aliphatic carbocycles. The quantitative estimate of drug-likeness (QED) is 0.783. The number of aromatic nitrogens is 2. The molecule has 0 saturated carbocycles. The van der Waals surface area contributed by atoms with Gasteiger partial charge in [0.2, 0.25) is 5.91 Å². The lowest BCUT2D eigenvalue weighted by Crippen LogP contribution is -2.43. The maximum atomic E-state index is 11.1. The van der Waals surface area contributed by atoms with Gasteiger partial charge in [0.05, 0.1) is 6.20 Å². The highest BCUT2D eigenvalue weighted by atomic mass is 16.2. The van der Waals surface area contributed by atoms with Gasteiger partial charge in [-0.3, -0.25) is 9.89 Å². The van der Waals surface area contributed by atoms with Crippen LogP contribution in [0.25, 0.3) is 0 Å².